The van der Waals surface area contributed by atoms with Crippen LogP contribution in [0, 0.1) is 45.8 Å². The number of hydrogen-bond acceptors (Lipinski definition) is 1. The van der Waals surface area contributed by atoms with E-state index in [4.69, 9.17) is 0 Å². The molecule has 0 aromatic carbocycles. The Morgan fingerprint density at radius 1 is 0.926 bits per heavy atom. The molecule has 4 aliphatic carbocycles. The molecule has 0 spiro atoms. The zero-order valence-electron chi connectivity index (χ0n) is 18.8. The van der Waals surface area contributed by atoms with Crippen molar-refractivity contribution in [3.63, 3.8) is 0 Å². The smallest absolute Gasteiger partial charge is 0.133 e. The van der Waals surface area contributed by atoms with E-state index in [1.54, 1.807) is 0 Å². The Labute approximate surface area is 168 Å². The van der Waals surface area contributed by atoms with E-state index in [0.29, 0.717) is 27.9 Å². The van der Waals surface area contributed by atoms with E-state index in [2.05, 4.69) is 27.7 Å². The summed E-state index contributed by atoms with van der Waals surface area (Å²) in [6.45, 7) is 12.0. The van der Waals surface area contributed by atoms with E-state index < -0.39 is 0 Å². The molecule has 0 heterocycles. The summed E-state index contributed by atoms with van der Waals surface area (Å²) in [4.78, 5) is 12.5. The van der Waals surface area contributed by atoms with Crippen LogP contribution in [0.1, 0.15) is 112 Å². The Kier molecular flexibility index (Phi) is 5.08. The molecular weight excluding hydrogens is 328 g/mol. The summed E-state index contributed by atoms with van der Waals surface area (Å²) in [6, 6.07) is 0. The lowest BCUT2D eigenvalue weighted by Crippen LogP contribution is -2.60. The van der Waals surface area contributed by atoms with Crippen LogP contribution in [0.15, 0.2) is 0 Å². The van der Waals surface area contributed by atoms with Gasteiger partial charge in [0, 0.05) is 5.92 Å². The van der Waals surface area contributed by atoms with Gasteiger partial charge in [0.25, 0.3) is 0 Å². The maximum Gasteiger partial charge on any atom is 0.133 e. The number of Topliss-reactive ketones (excluding diaryl/α,β-unsaturated/α-hetero) is 1. The predicted molar refractivity (Wildman–Crippen MR) is 114 cm³/mol. The molecule has 0 amide bonds. The lowest BCUT2D eigenvalue weighted by atomic mass is 9.38. The average Bonchev–Trinajstić information content (AvgIpc) is 3.48. The number of ketones is 1. The zero-order chi connectivity index (χ0) is 19.4. The molecule has 4 rings (SSSR count). The van der Waals surface area contributed by atoms with Crippen LogP contribution in [-0.4, -0.2) is 5.78 Å². The molecule has 0 aromatic rings. The highest BCUT2D eigenvalue weighted by molar-refractivity contribution is 5.79. The second kappa shape index (κ2) is 6.88. The first kappa shape index (κ1) is 20.0. The van der Waals surface area contributed by atoms with Crippen molar-refractivity contribution in [2.45, 2.75) is 112 Å². The summed E-state index contributed by atoms with van der Waals surface area (Å²) < 4.78 is 0. The standard InChI is InChI=1S/C26H44O/c1-6-15-26(19-11-12-19)23-14-17-25(5)21(18(3)27)9-8-10-22(25)20(23)13-16-24(26,4)7-2/h19-23H,6-17H2,1-5H3. The van der Waals surface area contributed by atoms with E-state index in [9.17, 15) is 4.79 Å². The van der Waals surface area contributed by atoms with E-state index >= 15 is 0 Å². The molecule has 7 unspecified atom stereocenters. The highest BCUT2D eigenvalue weighted by Gasteiger charge is 2.66. The fourth-order valence-electron chi connectivity index (χ4n) is 9.36. The van der Waals surface area contributed by atoms with Gasteiger partial charge in [-0.15, -0.1) is 0 Å². The fourth-order valence-corrected chi connectivity index (χ4v) is 9.36. The van der Waals surface area contributed by atoms with Crippen molar-refractivity contribution in [2.75, 3.05) is 0 Å². The van der Waals surface area contributed by atoms with E-state index in [1.807, 2.05) is 6.92 Å². The van der Waals surface area contributed by atoms with Crippen molar-refractivity contribution in [2.24, 2.45) is 45.8 Å². The number of fused-ring (bicyclic) bond motifs is 3. The largest absolute Gasteiger partial charge is 0.300 e. The molecule has 27 heavy (non-hydrogen) atoms. The topological polar surface area (TPSA) is 17.1 Å². The summed E-state index contributed by atoms with van der Waals surface area (Å²) in [7, 11) is 0. The summed E-state index contributed by atoms with van der Waals surface area (Å²) in [5.41, 5.74) is 1.45. The Morgan fingerprint density at radius 2 is 1.67 bits per heavy atom. The Bertz CT molecular complexity index is 577. The van der Waals surface area contributed by atoms with Crippen LogP contribution < -0.4 is 0 Å². The van der Waals surface area contributed by atoms with Crippen molar-refractivity contribution >= 4 is 5.78 Å². The highest BCUT2D eigenvalue weighted by atomic mass is 16.1. The molecule has 0 saturated heterocycles. The first-order chi connectivity index (χ1) is 12.8. The molecule has 154 valence electrons. The molecule has 4 fully saturated rings. The fraction of sp³-hybridized carbons (Fsp3) is 0.962. The lowest BCUT2D eigenvalue weighted by Gasteiger charge is -2.66. The van der Waals surface area contributed by atoms with Gasteiger partial charge < -0.3 is 0 Å². The number of carbonyl (C=O) groups excluding carboxylic acids is 1. The van der Waals surface area contributed by atoms with Gasteiger partial charge >= 0.3 is 0 Å². The van der Waals surface area contributed by atoms with Crippen LogP contribution in [0.4, 0.5) is 0 Å². The maximum absolute atomic E-state index is 12.5. The quantitative estimate of drug-likeness (QED) is 0.490. The molecule has 0 N–H and O–H groups in total. The number of rotatable bonds is 5. The molecule has 7 atom stereocenters. The SMILES string of the molecule is CCCC1(C2CC2)C2CCC3(C)C(C(C)=O)CCCC3C2CCC1(C)CC. The lowest BCUT2D eigenvalue weighted by molar-refractivity contribution is -0.180. The summed E-state index contributed by atoms with van der Waals surface area (Å²) >= 11 is 0. The molecule has 4 aliphatic rings. The predicted octanol–water partition coefficient (Wildman–Crippen LogP) is 7.43. The van der Waals surface area contributed by atoms with Crippen LogP contribution in [0.5, 0.6) is 0 Å². The normalized spacial score (nSPS) is 50.0. The number of carbonyl (C=O) groups is 1. The van der Waals surface area contributed by atoms with E-state index in [1.165, 1.54) is 70.6 Å². The maximum atomic E-state index is 12.5. The molecule has 1 nitrogen and oxygen atoms in total. The van der Waals surface area contributed by atoms with Gasteiger partial charge in [-0.3, -0.25) is 4.79 Å². The van der Waals surface area contributed by atoms with Crippen molar-refractivity contribution < 1.29 is 4.79 Å². The van der Waals surface area contributed by atoms with Gasteiger partial charge in [0.05, 0.1) is 0 Å². The van der Waals surface area contributed by atoms with Crippen LogP contribution in [0.3, 0.4) is 0 Å². The van der Waals surface area contributed by atoms with Crippen molar-refractivity contribution in [3.8, 4) is 0 Å². The van der Waals surface area contributed by atoms with Gasteiger partial charge in [-0.25, -0.2) is 0 Å². The zero-order valence-corrected chi connectivity index (χ0v) is 18.8. The minimum atomic E-state index is 0.298. The monoisotopic (exact) mass is 372 g/mol. The third-order valence-corrected chi connectivity index (χ3v) is 10.7. The first-order valence-corrected chi connectivity index (χ1v) is 12.3. The van der Waals surface area contributed by atoms with Gasteiger partial charge in [-0.05, 0) is 105 Å². The van der Waals surface area contributed by atoms with Gasteiger partial charge in [0.2, 0.25) is 0 Å². The third kappa shape index (κ3) is 2.72. The minimum Gasteiger partial charge on any atom is -0.300 e. The molecule has 0 aromatic heterocycles. The van der Waals surface area contributed by atoms with E-state index in [0.717, 1.165) is 30.1 Å². The Balaban J connectivity index is 1.73. The Morgan fingerprint density at radius 3 is 2.26 bits per heavy atom. The van der Waals surface area contributed by atoms with Crippen molar-refractivity contribution in [1.82, 2.24) is 0 Å². The first-order valence-electron chi connectivity index (χ1n) is 12.3. The molecule has 0 bridgehead atoms. The van der Waals surface area contributed by atoms with Crippen LogP contribution in [0.2, 0.25) is 0 Å². The van der Waals surface area contributed by atoms with Crippen molar-refractivity contribution in [1.29, 1.82) is 0 Å². The highest BCUT2D eigenvalue weighted by Crippen LogP contribution is 2.73. The number of hydrogen-bond donors (Lipinski definition) is 0. The second-order valence-corrected chi connectivity index (χ2v) is 11.5. The van der Waals surface area contributed by atoms with Crippen LogP contribution in [0.25, 0.3) is 0 Å². The van der Waals surface area contributed by atoms with Crippen LogP contribution in [-0.2, 0) is 4.79 Å². The van der Waals surface area contributed by atoms with E-state index in [-0.39, 0.29) is 0 Å². The van der Waals surface area contributed by atoms with Gasteiger partial charge in [0.1, 0.15) is 5.78 Å². The third-order valence-electron chi connectivity index (χ3n) is 10.7. The van der Waals surface area contributed by atoms with Gasteiger partial charge in [-0.1, -0.05) is 47.0 Å². The Hall–Kier alpha value is -0.330. The van der Waals surface area contributed by atoms with Crippen LogP contribution >= 0.6 is 0 Å². The molecule has 1 heteroatoms. The summed E-state index contributed by atoms with van der Waals surface area (Å²) in [6.07, 6.45) is 16.6. The summed E-state index contributed by atoms with van der Waals surface area (Å²) in [5, 5.41) is 0. The molecular formula is C26H44O. The minimum absolute atomic E-state index is 0.298. The summed E-state index contributed by atoms with van der Waals surface area (Å²) in [5.74, 6) is 4.49. The molecule has 4 saturated carbocycles. The second-order valence-electron chi connectivity index (χ2n) is 11.5. The van der Waals surface area contributed by atoms with Crippen molar-refractivity contribution in [3.05, 3.63) is 0 Å². The molecule has 0 radical (unpaired) electrons. The van der Waals surface area contributed by atoms with Gasteiger partial charge in [-0.2, -0.15) is 0 Å². The van der Waals surface area contributed by atoms with Gasteiger partial charge in [0.15, 0.2) is 0 Å². The average molecular weight is 373 g/mol. The molecule has 0 aliphatic heterocycles.